The minimum atomic E-state index is -0.424. The van der Waals surface area contributed by atoms with Crippen molar-refractivity contribution in [3.63, 3.8) is 0 Å². The Bertz CT molecular complexity index is 1490. The molecule has 0 aliphatic carbocycles. The molecule has 0 saturated carbocycles. The Morgan fingerprint density at radius 1 is 1.09 bits per heavy atom. The molecule has 0 saturated heterocycles. The summed E-state index contributed by atoms with van der Waals surface area (Å²) in [4.78, 5) is 21.7. The summed E-state index contributed by atoms with van der Waals surface area (Å²) >= 11 is 12.3. The zero-order chi connectivity index (χ0) is 23.7. The predicted molar refractivity (Wildman–Crippen MR) is 130 cm³/mol. The molecule has 0 aliphatic rings. The summed E-state index contributed by atoms with van der Waals surface area (Å²) in [5, 5.41) is 9.70. The van der Waals surface area contributed by atoms with Crippen LogP contribution in [0.4, 0.5) is 0 Å². The van der Waals surface area contributed by atoms with Crippen LogP contribution in [0.3, 0.4) is 0 Å². The number of benzene rings is 2. The smallest absolute Gasteiger partial charge is 0.276 e. The van der Waals surface area contributed by atoms with Crippen LogP contribution in [0.15, 0.2) is 73.1 Å². The number of rotatable bonds is 6. The van der Waals surface area contributed by atoms with E-state index in [1.54, 1.807) is 16.8 Å². The van der Waals surface area contributed by atoms with Crippen LogP contribution in [0.1, 0.15) is 15.9 Å². The maximum atomic E-state index is 12.2. The summed E-state index contributed by atoms with van der Waals surface area (Å²) in [5.41, 5.74) is 7.40. The third-order valence-electron chi connectivity index (χ3n) is 5.24. The number of hydroxylamine groups is 1. The van der Waals surface area contributed by atoms with E-state index in [0.29, 0.717) is 27.8 Å². The van der Waals surface area contributed by atoms with Crippen LogP contribution in [-0.2, 0) is 11.4 Å². The highest BCUT2D eigenvalue weighted by Gasteiger charge is 2.19. The van der Waals surface area contributed by atoms with Crippen molar-refractivity contribution in [3.8, 4) is 22.6 Å². The fourth-order valence-electron chi connectivity index (χ4n) is 3.71. The van der Waals surface area contributed by atoms with Gasteiger partial charge in [0, 0.05) is 16.8 Å². The molecule has 5 rings (SSSR count). The Morgan fingerprint density at radius 2 is 1.91 bits per heavy atom. The molecule has 3 heterocycles. The number of aromatic nitrogens is 5. The van der Waals surface area contributed by atoms with Gasteiger partial charge in [0.1, 0.15) is 17.0 Å². The highest BCUT2D eigenvalue weighted by Crippen LogP contribution is 2.32. The van der Waals surface area contributed by atoms with Crippen LogP contribution < -0.4 is 5.48 Å². The van der Waals surface area contributed by atoms with Crippen molar-refractivity contribution >= 4 is 34.8 Å². The molecule has 2 aromatic carbocycles. The van der Waals surface area contributed by atoms with Crippen molar-refractivity contribution in [1.82, 2.24) is 29.9 Å². The summed E-state index contributed by atoms with van der Waals surface area (Å²) in [5.74, 6) is -0.424. The first kappa shape index (κ1) is 22.1. The number of nitrogens with zero attached hydrogens (tertiary/aromatic N) is 5. The van der Waals surface area contributed by atoms with Crippen molar-refractivity contribution in [2.24, 2.45) is 0 Å². The normalized spacial score (nSPS) is 11.1. The Morgan fingerprint density at radius 3 is 2.71 bits per heavy atom. The number of fused-ring (bicyclic) bond motifs is 1. The number of pyridine rings is 1. The fourth-order valence-corrected chi connectivity index (χ4v) is 4.04. The molecule has 0 fully saturated rings. The van der Waals surface area contributed by atoms with Crippen molar-refractivity contribution in [3.05, 3.63) is 94.2 Å². The Hall–Kier alpha value is -3.72. The van der Waals surface area contributed by atoms with Crippen LogP contribution in [0.2, 0.25) is 10.0 Å². The van der Waals surface area contributed by atoms with Gasteiger partial charge < -0.3 is 0 Å². The van der Waals surface area contributed by atoms with Gasteiger partial charge in [-0.15, -0.1) is 5.10 Å². The number of hydrogen-bond acceptors (Lipinski definition) is 5. The van der Waals surface area contributed by atoms with Crippen molar-refractivity contribution in [2.75, 3.05) is 7.11 Å². The summed E-state index contributed by atoms with van der Waals surface area (Å²) in [6.07, 6.45) is 3.79. The average molecular weight is 493 g/mol. The van der Waals surface area contributed by atoms with Gasteiger partial charge in [0.2, 0.25) is 0 Å². The van der Waals surface area contributed by atoms with Crippen molar-refractivity contribution in [2.45, 2.75) is 6.54 Å². The molecule has 0 atom stereocenters. The molecule has 10 heteroatoms. The first-order valence-electron chi connectivity index (χ1n) is 10.3. The molecule has 1 amide bonds. The lowest BCUT2D eigenvalue weighted by atomic mass is 10.1. The zero-order valence-electron chi connectivity index (χ0n) is 17.9. The summed E-state index contributed by atoms with van der Waals surface area (Å²) < 4.78 is 3.68. The van der Waals surface area contributed by atoms with E-state index in [-0.39, 0.29) is 0 Å². The van der Waals surface area contributed by atoms with Crippen molar-refractivity contribution in [1.29, 1.82) is 0 Å². The zero-order valence-corrected chi connectivity index (χ0v) is 19.5. The first-order chi connectivity index (χ1) is 16.5. The molecule has 0 spiro atoms. The van der Waals surface area contributed by atoms with Gasteiger partial charge in [0.25, 0.3) is 5.91 Å². The topological polar surface area (TPSA) is 86.3 Å². The Balaban J connectivity index is 1.52. The van der Waals surface area contributed by atoms with E-state index in [0.717, 1.165) is 28.2 Å². The molecule has 8 nitrogen and oxygen atoms in total. The first-order valence-corrected chi connectivity index (χ1v) is 11.0. The maximum absolute atomic E-state index is 12.2. The van der Waals surface area contributed by atoms with E-state index in [1.807, 2.05) is 65.3 Å². The van der Waals surface area contributed by atoms with Crippen LogP contribution in [0, 0.1) is 0 Å². The van der Waals surface area contributed by atoms with Gasteiger partial charge in [-0.05, 0) is 42.0 Å². The van der Waals surface area contributed by atoms with E-state index >= 15 is 0 Å². The summed E-state index contributed by atoms with van der Waals surface area (Å²) in [6, 6.07) is 18.5. The van der Waals surface area contributed by atoms with Gasteiger partial charge in [-0.3, -0.25) is 14.0 Å². The van der Waals surface area contributed by atoms with E-state index in [9.17, 15) is 4.79 Å². The molecule has 0 bridgehead atoms. The fraction of sp³-hybridized carbons (Fsp3) is 0.0833. The maximum Gasteiger partial charge on any atom is 0.276 e. The van der Waals surface area contributed by atoms with Gasteiger partial charge in [-0.2, -0.15) is 0 Å². The molecule has 5 aromatic rings. The van der Waals surface area contributed by atoms with Gasteiger partial charge in [-0.25, -0.2) is 15.1 Å². The molecular formula is C24H18Cl2N6O2. The molecule has 34 heavy (non-hydrogen) atoms. The van der Waals surface area contributed by atoms with Crippen molar-refractivity contribution < 1.29 is 9.63 Å². The number of halogens is 2. The minimum Gasteiger partial charge on any atom is -0.298 e. The predicted octanol–water partition coefficient (Wildman–Crippen LogP) is 4.91. The second kappa shape index (κ2) is 9.26. The largest absolute Gasteiger partial charge is 0.298 e. The van der Waals surface area contributed by atoms with Crippen LogP contribution in [0.5, 0.6) is 0 Å². The molecule has 0 radical (unpaired) electrons. The monoisotopic (exact) mass is 492 g/mol. The van der Waals surface area contributed by atoms with E-state index in [2.05, 4.69) is 15.8 Å². The van der Waals surface area contributed by atoms with Gasteiger partial charge in [0.15, 0.2) is 0 Å². The minimum absolute atomic E-state index is 0.313. The molecule has 3 aromatic heterocycles. The number of nitrogens with one attached hydrogen (secondary N) is 1. The summed E-state index contributed by atoms with van der Waals surface area (Å²) in [6.45, 7) is 0.393. The second-order valence-electron chi connectivity index (χ2n) is 7.50. The SMILES string of the molecule is CONC(=O)c1cc(Cn2cc(-c3c(-c4ccc(Cl)cc4)nc4ccccn34)nn2)ccc1Cl. The molecule has 1 N–H and O–H groups in total. The highest BCUT2D eigenvalue weighted by molar-refractivity contribution is 6.33. The number of amides is 1. The van der Waals surface area contributed by atoms with Crippen LogP contribution in [-0.4, -0.2) is 37.4 Å². The summed E-state index contributed by atoms with van der Waals surface area (Å²) in [7, 11) is 1.37. The van der Waals surface area contributed by atoms with E-state index < -0.39 is 5.91 Å². The Labute approximate surface area is 204 Å². The average Bonchev–Trinajstić information content (AvgIpc) is 3.45. The van der Waals surface area contributed by atoms with Crippen LogP contribution >= 0.6 is 23.2 Å². The lowest BCUT2D eigenvalue weighted by molar-refractivity contribution is 0.0537. The quantitative estimate of drug-likeness (QED) is 0.340. The standard InChI is InChI=1S/C24H18Cl2N6O2/c1-34-29-24(33)18-12-15(5-10-19(18)26)13-31-14-20(28-30-31)23-22(16-6-8-17(25)9-7-16)27-21-4-2-3-11-32(21)23/h2-12,14H,13H2,1H3,(H,29,33). The second-order valence-corrected chi connectivity index (χ2v) is 8.34. The number of hydrogen-bond donors (Lipinski definition) is 1. The third-order valence-corrected chi connectivity index (χ3v) is 5.83. The van der Waals surface area contributed by atoms with E-state index in [1.165, 1.54) is 7.11 Å². The number of carbonyl (C=O) groups is 1. The lowest BCUT2D eigenvalue weighted by Gasteiger charge is -2.07. The number of imidazole rings is 1. The van der Waals surface area contributed by atoms with Gasteiger partial charge >= 0.3 is 0 Å². The molecule has 170 valence electrons. The van der Waals surface area contributed by atoms with Crippen LogP contribution in [0.25, 0.3) is 28.3 Å². The number of carbonyl (C=O) groups excluding carboxylic acids is 1. The molecular weight excluding hydrogens is 475 g/mol. The lowest BCUT2D eigenvalue weighted by Crippen LogP contribution is -2.22. The van der Waals surface area contributed by atoms with E-state index in [4.69, 9.17) is 33.0 Å². The third kappa shape index (κ3) is 4.26. The molecule has 0 aliphatic heterocycles. The van der Waals surface area contributed by atoms with Gasteiger partial charge in [-0.1, -0.05) is 52.7 Å². The highest BCUT2D eigenvalue weighted by atomic mass is 35.5. The van der Waals surface area contributed by atoms with Gasteiger partial charge in [0.05, 0.1) is 36.1 Å². The Kier molecular flexibility index (Phi) is 6.02. The molecule has 0 unspecified atom stereocenters.